The third kappa shape index (κ3) is 5.40. The maximum Gasteiger partial charge on any atom is 0.137 e. The standard InChI is InChI=1S/C42H42N4O/c1-8-30-22-31(9-2)42(32(10-3)23-30)41-28(6)44-46(29(41)7)33-19-27(5)20-35(24-33)47-34-15-16-37-36-13-11-12-14-38(36)45(39(37)25-34)40-21-26(4)17-18-43-40/h11-25H,8-10H2,1-7H3. The molecule has 4 aromatic carbocycles. The predicted octanol–water partition coefficient (Wildman–Crippen LogP) is 10.7. The van der Waals surface area contributed by atoms with Crippen LogP contribution < -0.4 is 4.74 Å². The van der Waals surface area contributed by atoms with Gasteiger partial charge in [-0.1, -0.05) is 51.1 Å². The van der Waals surface area contributed by atoms with E-state index in [1.807, 2.05) is 12.3 Å². The Balaban J connectivity index is 1.31. The van der Waals surface area contributed by atoms with Crippen molar-refractivity contribution in [1.82, 2.24) is 19.3 Å². The molecular formula is C42H42N4O. The predicted molar refractivity (Wildman–Crippen MR) is 195 cm³/mol. The number of benzene rings is 4. The van der Waals surface area contributed by atoms with Gasteiger partial charge in [-0.15, -0.1) is 0 Å². The number of fused-ring (bicyclic) bond motifs is 3. The summed E-state index contributed by atoms with van der Waals surface area (Å²) in [6.45, 7) is 15.3. The van der Waals surface area contributed by atoms with Crippen LogP contribution in [0, 0.1) is 27.7 Å². The Labute approximate surface area is 277 Å². The van der Waals surface area contributed by atoms with Gasteiger partial charge in [0.1, 0.15) is 17.3 Å². The van der Waals surface area contributed by atoms with Crippen molar-refractivity contribution >= 4 is 21.8 Å². The Morgan fingerprint density at radius 3 is 2.11 bits per heavy atom. The zero-order valence-corrected chi connectivity index (χ0v) is 28.5. The number of nitrogens with zero attached hydrogens (tertiary/aromatic N) is 4. The second-order valence-electron chi connectivity index (χ2n) is 12.6. The van der Waals surface area contributed by atoms with Crippen LogP contribution >= 0.6 is 0 Å². The average Bonchev–Trinajstić information content (AvgIpc) is 3.56. The van der Waals surface area contributed by atoms with Crippen molar-refractivity contribution < 1.29 is 4.74 Å². The fraction of sp³-hybridized carbons (Fsp3) is 0.238. The summed E-state index contributed by atoms with van der Waals surface area (Å²) in [6, 6.07) is 30.1. The molecule has 0 aliphatic heterocycles. The Hall–Kier alpha value is -5.16. The number of rotatable bonds is 8. The molecule has 0 fully saturated rings. The highest BCUT2D eigenvalue weighted by molar-refractivity contribution is 6.09. The first-order valence-electron chi connectivity index (χ1n) is 16.8. The van der Waals surface area contributed by atoms with Crippen LogP contribution in [0.2, 0.25) is 0 Å². The van der Waals surface area contributed by atoms with Gasteiger partial charge in [-0.2, -0.15) is 5.10 Å². The topological polar surface area (TPSA) is 44.9 Å². The molecule has 3 aromatic heterocycles. The maximum absolute atomic E-state index is 6.63. The molecule has 7 aromatic rings. The van der Waals surface area contributed by atoms with Gasteiger partial charge in [0, 0.05) is 40.4 Å². The van der Waals surface area contributed by atoms with Crippen molar-refractivity contribution in [2.75, 3.05) is 0 Å². The molecular weight excluding hydrogens is 576 g/mol. The fourth-order valence-corrected chi connectivity index (χ4v) is 7.13. The van der Waals surface area contributed by atoms with Gasteiger partial charge in [0.15, 0.2) is 0 Å². The highest BCUT2D eigenvalue weighted by atomic mass is 16.5. The summed E-state index contributed by atoms with van der Waals surface area (Å²) in [5.41, 5.74) is 14.4. The van der Waals surface area contributed by atoms with Crippen LogP contribution in [0.3, 0.4) is 0 Å². The molecule has 0 aliphatic carbocycles. The molecule has 0 radical (unpaired) electrons. The number of aryl methyl sites for hydroxylation is 6. The third-order valence-electron chi connectivity index (χ3n) is 9.36. The maximum atomic E-state index is 6.63. The lowest BCUT2D eigenvalue weighted by Crippen LogP contribution is -2.02. The minimum absolute atomic E-state index is 0.774. The number of ether oxygens (including phenoxy) is 1. The Kier molecular flexibility index (Phi) is 7.93. The number of para-hydroxylation sites is 1. The first-order valence-corrected chi connectivity index (χ1v) is 16.8. The molecule has 5 nitrogen and oxygen atoms in total. The van der Waals surface area contributed by atoms with Crippen LogP contribution in [0.4, 0.5) is 0 Å². The molecule has 236 valence electrons. The minimum Gasteiger partial charge on any atom is -0.457 e. The summed E-state index contributed by atoms with van der Waals surface area (Å²) in [4.78, 5) is 4.73. The highest BCUT2D eigenvalue weighted by Gasteiger charge is 2.21. The van der Waals surface area contributed by atoms with E-state index in [1.165, 1.54) is 44.2 Å². The number of hydrogen-bond acceptors (Lipinski definition) is 3. The Morgan fingerprint density at radius 2 is 1.38 bits per heavy atom. The van der Waals surface area contributed by atoms with Gasteiger partial charge in [-0.25, -0.2) is 9.67 Å². The van der Waals surface area contributed by atoms with Gasteiger partial charge in [-0.3, -0.25) is 4.57 Å². The van der Waals surface area contributed by atoms with Crippen molar-refractivity contribution in [3.8, 4) is 34.1 Å². The molecule has 0 saturated heterocycles. The molecule has 0 unspecified atom stereocenters. The number of aromatic nitrogens is 4. The van der Waals surface area contributed by atoms with E-state index in [9.17, 15) is 0 Å². The molecule has 0 N–H and O–H groups in total. The van der Waals surface area contributed by atoms with E-state index in [2.05, 4.69) is 137 Å². The summed E-state index contributed by atoms with van der Waals surface area (Å²) in [5, 5.41) is 7.47. The van der Waals surface area contributed by atoms with Gasteiger partial charge in [0.2, 0.25) is 0 Å². The van der Waals surface area contributed by atoms with E-state index in [4.69, 9.17) is 14.8 Å². The van der Waals surface area contributed by atoms with Gasteiger partial charge in [0.05, 0.1) is 22.4 Å². The van der Waals surface area contributed by atoms with Crippen LogP contribution in [0.15, 0.2) is 91.1 Å². The Morgan fingerprint density at radius 1 is 0.638 bits per heavy atom. The van der Waals surface area contributed by atoms with Crippen LogP contribution in [0.25, 0.3) is 44.4 Å². The lowest BCUT2D eigenvalue weighted by molar-refractivity contribution is 0.482. The smallest absolute Gasteiger partial charge is 0.137 e. The van der Waals surface area contributed by atoms with E-state index in [0.29, 0.717) is 0 Å². The normalized spacial score (nSPS) is 11.6. The molecule has 0 bridgehead atoms. The highest BCUT2D eigenvalue weighted by Crippen LogP contribution is 2.38. The monoisotopic (exact) mass is 618 g/mol. The second-order valence-corrected chi connectivity index (χ2v) is 12.6. The number of hydrogen-bond donors (Lipinski definition) is 0. The molecule has 0 saturated carbocycles. The van der Waals surface area contributed by atoms with Crippen LogP contribution in [0.1, 0.15) is 60.0 Å². The first kappa shape index (κ1) is 30.5. The summed E-state index contributed by atoms with van der Waals surface area (Å²) in [5.74, 6) is 2.45. The average molecular weight is 619 g/mol. The number of pyridine rings is 1. The third-order valence-corrected chi connectivity index (χ3v) is 9.36. The zero-order chi connectivity index (χ0) is 32.8. The largest absolute Gasteiger partial charge is 0.457 e. The van der Waals surface area contributed by atoms with Crippen molar-refractivity contribution in [2.45, 2.75) is 67.7 Å². The molecule has 3 heterocycles. The van der Waals surface area contributed by atoms with Crippen molar-refractivity contribution in [3.05, 3.63) is 130 Å². The molecule has 47 heavy (non-hydrogen) atoms. The van der Waals surface area contributed by atoms with E-state index in [1.54, 1.807) is 0 Å². The summed E-state index contributed by atoms with van der Waals surface area (Å²) in [6.07, 6.45) is 4.90. The lowest BCUT2D eigenvalue weighted by atomic mass is 9.88. The molecule has 5 heteroatoms. The van der Waals surface area contributed by atoms with E-state index in [-0.39, 0.29) is 0 Å². The Bertz CT molecular complexity index is 2260. The van der Waals surface area contributed by atoms with Gasteiger partial charge >= 0.3 is 0 Å². The van der Waals surface area contributed by atoms with Crippen LogP contribution in [-0.2, 0) is 19.3 Å². The van der Waals surface area contributed by atoms with Gasteiger partial charge in [0.25, 0.3) is 0 Å². The lowest BCUT2D eigenvalue weighted by Gasteiger charge is -2.17. The van der Waals surface area contributed by atoms with Crippen molar-refractivity contribution in [3.63, 3.8) is 0 Å². The summed E-state index contributed by atoms with van der Waals surface area (Å²) in [7, 11) is 0. The van der Waals surface area contributed by atoms with Crippen LogP contribution in [0.5, 0.6) is 11.5 Å². The fourth-order valence-electron chi connectivity index (χ4n) is 7.13. The molecule has 7 rings (SSSR count). The van der Waals surface area contributed by atoms with E-state index in [0.717, 1.165) is 70.3 Å². The molecule has 0 spiro atoms. The van der Waals surface area contributed by atoms with Gasteiger partial charge < -0.3 is 4.74 Å². The summed E-state index contributed by atoms with van der Waals surface area (Å²) >= 11 is 0. The zero-order valence-electron chi connectivity index (χ0n) is 28.5. The minimum atomic E-state index is 0.774. The van der Waals surface area contributed by atoms with Crippen LogP contribution in [-0.4, -0.2) is 19.3 Å². The second kappa shape index (κ2) is 12.2. The van der Waals surface area contributed by atoms with Gasteiger partial charge in [-0.05, 0) is 123 Å². The van der Waals surface area contributed by atoms with E-state index >= 15 is 0 Å². The first-order chi connectivity index (χ1) is 22.8. The summed E-state index contributed by atoms with van der Waals surface area (Å²) < 4.78 is 10.9. The molecule has 0 aliphatic rings. The molecule has 0 atom stereocenters. The van der Waals surface area contributed by atoms with Crippen molar-refractivity contribution in [2.24, 2.45) is 0 Å². The SMILES string of the molecule is CCc1cc(CC)c(-c2c(C)nn(-c3cc(C)cc(Oc4ccc5c6ccccc6n(-c6cc(C)ccn6)c5c4)c3)c2C)c(CC)c1. The van der Waals surface area contributed by atoms with Crippen molar-refractivity contribution in [1.29, 1.82) is 0 Å². The molecule has 0 amide bonds. The quantitative estimate of drug-likeness (QED) is 0.170. The van der Waals surface area contributed by atoms with E-state index < -0.39 is 0 Å².